The van der Waals surface area contributed by atoms with Crippen molar-refractivity contribution in [1.29, 1.82) is 0 Å². The van der Waals surface area contributed by atoms with Gasteiger partial charge < -0.3 is 20.1 Å². The van der Waals surface area contributed by atoms with E-state index in [0.717, 1.165) is 11.4 Å². The normalized spacial score (nSPS) is 11.2. The van der Waals surface area contributed by atoms with E-state index >= 15 is 0 Å². The molecule has 0 amide bonds. The number of sulfonamides is 1. The number of ether oxygens (including phenoxy) is 2. The van der Waals surface area contributed by atoms with Crippen LogP contribution in [0.2, 0.25) is 0 Å². The van der Waals surface area contributed by atoms with E-state index in [2.05, 4.69) is 25.3 Å². The summed E-state index contributed by atoms with van der Waals surface area (Å²) in [6.07, 6.45) is 0. The summed E-state index contributed by atoms with van der Waals surface area (Å²) in [5.74, 6) is 1.79. The summed E-state index contributed by atoms with van der Waals surface area (Å²) in [4.78, 5) is 8.88. The largest absolute Gasteiger partial charge is 0.494 e. The van der Waals surface area contributed by atoms with Crippen LogP contribution in [0.1, 0.15) is 25.1 Å². The van der Waals surface area contributed by atoms with Crippen molar-refractivity contribution in [3.63, 3.8) is 0 Å². The molecule has 1 aromatic heterocycles. The Morgan fingerprint density at radius 3 is 2.32 bits per heavy atom. The number of aryl methyl sites for hydroxylation is 2. The molecule has 0 fully saturated rings. The van der Waals surface area contributed by atoms with Crippen LogP contribution in [0.4, 0.5) is 17.5 Å². The van der Waals surface area contributed by atoms with Gasteiger partial charge in [-0.15, -0.1) is 0 Å². The summed E-state index contributed by atoms with van der Waals surface area (Å²) < 4.78 is 39.4. The summed E-state index contributed by atoms with van der Waals surface area (Å²) in [7, 11) is -3.82. The molecule has 0 radical (unpaired) electrons. The summed E-state index contributed by atoms with van der Waals surface area (Å²) in [6, 6.07) is 14.6. The highest BCUT2D eigenvalue weighted by Gasteiger charge is 2.20. The van der Waals surface area contributed by atoms with E-state index in [1.165, 1.54) is 11.6 Å². The van der Waals surface area contributed by atoms with Crippen molar-refractivity contribution < 1.29 is 17.9 Å². The highest BCUT2D eigenvalue weighted by Crippen LogP contribution is 2.28. The van der Waals surface area contributed by atoms with Crippen molar-refractivity contribution in [3.05, 3.63) is 59.8 Å². The average Bonchev–Trinajstić information content (AvgIpc) is 2.79. The molecule has 9 nitrogen and oxygen atoms in total. The van der Waals surface area contributed by atoms with Crippen LogP contribution in [0.15, 0.2) is 53.4 Å². The molecule has 0 aliphatic heterocycles. The minimum Gasteiger partial charge on any atom is -0.494 e. The third kappa shape index (κ3) is 7.06. The molecule has 3 N–H and O–H groups in total. The molecule has 182 valence electrons. The maximum Gasteiger partial charge on any atom is 0.244 e. The van der Waals surface area contributed by atoms with Crippen LogP contribution in [0.3, 0.4) is 0 Å². The van der Waals surface area contributed by atoms with Crippen molar-refractivity contribution in [2.24, 2.45) is 0 Å². The Labute approximate surface area is 201 Å². The van der Waals surface area contributed by atoms with Gasteiger partial charge in [0.05, 0.1) is 13.2 Å². The highest BCUT2D eigenvalue weighted by molar-refractivity contribution is 7.89. The molecule has 3 rings (SSSR count). The summed E-state index contributed by atoms with van der Waals surface area (Å²) in [5.41, 5.74) is 2.87. The number of benzene rings is 2. The molecule has 3 aromatic rings. The third-order valence-corrected chi connectivity index (χ3v) is 6.18. The molecule has 0 saturated heterocycles. The van der Waals surface area contributed by atoms with Gasteiger partial charge in [-0.3, -0.25) is 0 Å². The third-order valence-electron chi connectivity index (χ3n) is 4.69. The Kier molecular flexibility index (Phi) is 8.67. The Balaban J connectivity index is 1.63. The lowest BCUT2D eigenvalue weighted by atomic mass is 10.2. The van der Waals surface area contributed by atoms with E-state index in [1.807, 2.05) is 51.1 Å². The Morgan fingerprint density at radius 1 is 0.882 bits per heavy atom. The number of rotatable bonds is 12. The van der Waals surface area contributed by atoms with Crippen LogP contribution in [-0.4, -0.2) is 44.7 Å². The van der Waals surface area contributed by atoms with E-state index in [1.54, 1.807) is 19.1 Å². The quantitative estimate of drug-likeness (QED) is 0.330. The molecule has 0 unspecified atom stereocenters. The number of anilines is 3. The fourth-order valence-electron chi connectivity index (χ4n) is 3.16. The molecule has 0 aliphatic carbocycles. The number of aromatic nitrogens is 2. The first kappa shape index (κ1) is 25.3. The van der Waals surface area contributed by atoms with E-state index < -0.39 is 10.0 Å². The van der Waals surface area contributed by atoms with E-state index in [9.17, 15) is 8.42 Å². The zero-order chi connectivity index (χ0) is 24.6. The summed E-state index contributed by atoms with van der Waals surface area (Å²) in [6.45, 7) is 8.74. The monoisotopic (exact) mass is 485 g/mol. The highest BCUT2D eigenvalue weighted by atomic mass is 32.2. The van der Waals surface area contributed by atoms with Gasteiger partial charge in [-0.1, -0.05) is 17.7 Å². The van der Waals surface area contributed by atoms with Gasteiger partial charge in [0.2, 0.25) is 16.0 Å². The van der Waals surface area contributed by atoms with Crippen molar-refractivity contribution in [3.8, 4) is 11.5 Å². The second kappa shape index (κ2) is 11.7. The smallest absolute Gasteiger partial charge is 0.244 e. The van der Waals surface area contributed by atoms with Gasteiger partial charge in [-0.2, -0.15) is 4.98 Å². The SMILES string of the molecule is CCOc1ccc(OCC)c(S(=O)(=O)NCCNc2nc(C)cc(Nc3ccc(C)cc3)n2)c1. The molecule has 0 bridgehead atoms. The molecule has 0 atom stereocenters. The van der Waals surface area contributed by atoms with Gasteiger partial charge in [-0.05, 0) is 52.0 Å². The van der Waals surface area contributed by atoms with Crippen molar-refractivity contribution in [2.45, 2.75) is 32.6 Å². The molecule has 10 heteroatoms. The first-order valence-corrected chi connectivity index (χ1v) is 12.6. The van der Waals surface area contributed by atoms with Crippen molar-refractivity contribution >= 4 is 27.5 Å². The van der Waals surface area contributed by atoms with Gasteiger partial charge in [0.15, 0.2) is 0 Å². The molecule has 0 aliphatic rings. The molecule has 0 saturated carbocycles. The molecule has 34 heavy (non-hydrogen) atoms. The Hall–Kier alpha value is -3.37. The maximum absolute atomic E-state index is 12.9. The molecule has 1 heterocycles. The van der Waals surface area contributed by atoms with Crippen LogP contribution in [0.25, 0.3) is 0 Å². The van der Waals surface area contributed by atoms with Crippen LogP contribution in [0, 0.1) is 13.8 Å². The number of nitrogens with zero attached hydrogens (tertiary/aromatic N) is 2. The maximum atomic E-state index is 12.9. The van der Waals surface area contributed by atoms with Gasteiger partial charge >= 0.3 is 0 Å². The predicted octanol–water partition coefficient (Wildman–Crippen LogP) is 4.02. The summed E-state index contributed by atoms with van der Waals surface area (Å²) in [5, 5.41) is 6.33. The fraction of sp³-hybridized carbons (Fsp3) is 0.333. The van der Waals surface area contributed by atoms with Crippen molar-refractivity contribution in [2.75, 3.05) is 36.9 Å². The standard InChI is InChI=1S/C24H31N5O4S/c1-5-32-20-11-12-21(33-6-2)22(16-20)34(30,31)26-14-13-25-24-27-18(4)15-23(29-24)28-19-9-7-17(3)8-10-19/h7-12,15-16,26H,5-6,13-14H2,1-4H3,(H2,25,27,28,29). The first-order chi connectivity index (χ1) is 16.3. The fourth-order valence-corrected chi connectivity index (χ4v) is 4.35. The first-order valence-electron chi connectivity index (χ1n) is 11.1. The van der Waals surface area contributed by atoms with Crippen molar-refractivity contribution in [1.82, 2.24) is 14.7 Å². The minimum atomic E-state index is -3.82. The van der Waals surface area contributed by atoms with E-state index in [4.69, 9.17) is 9.47 Å². The number of hydrogen-bond donors (Lipinski definition) is 3. The molecular formula is C24H31N5O4S. The second-order valence-electron chi connectivity index (χ2n) is 7.51. The summed E-state index contributed by atoms with van der Waals surface area (Å²) >= 11 is 0. The molecule has 2 aromatic carbocycles. The van der Waals surface area contributed by atoms with E-state index in [0.29, 0.717) is 37.3 Å². The van der Waals surface area contributed by atoms with Gasteiger partial charge in [0.1, 0.15) is 22.2 Å². The van der Waals surface area contributed by atoms with Crippen LogP contribution in [0.5, 0.6) is 11.5 Å². The number of nitrogens with one attached hydrogen (secondary N) is 3. The Morgan fingerprint density at radius 2 is 1.62 bits per heavy atom. The second-order valence-corrected chi connectivity index (χ2v) is 9.24. The van der Waals surface area contributed by atoms with Crippen LogP contribution >= 0.6 is 0 Å². The average molecular weight is 486 g/mol. The van der Waals surface area contributed by atoms with Gasteiger partial charge in [0, 0.05) is 36.6 Å². The predicted molar refractivity (Wildman–Crippen MR) is 134 cm³/mol. The zero-order valence-corrected chi connectivity index (χ0v) is 20.7. The van der Waals surface area contributed by atoms with E-state index in [-0.39, 0.29) is 17.2 Å². The van der Waals surface area contributed by atoms with Gasteiger partial charge in [0.25, 0.3) is 0 Å². The minimum absolute atomic E-state index is 0.0386. The lowest BCUT2D eigenvalue weighted by molar-refractivity contribution is 0.322. The van der Waals surface area contributed by atoms with Crippen LogP contribution < -0.4 is 24.8 Å². The number of hydrogen-bond acceptors (Lipinski definition) is 8. The molecule has 0 spiro atoms. The molecular weight excluding hydrogens is 454 g/mol. The lowest BCUT2D eigenvalue weighted by Crippen LogP contribution is -2.29. The zero-order valence-electron chi connectivity index (χ0n) is 19.9. The Bertz CT molecular complexity index is 1200. The van der Waals surface area contributed by atoms with Gasteiger partial charge in [-0.25, -0.2) is 18.1 Å². The van der Waals surface area contributed by atoms with Crippen LogP contribution in [-0.2, 0) is 10.0 Å². The lowest BCUT2D eigenvalue weighted by Gasteiger charge is -2.14. The topological polar surface area (TPSA) is 114 Å².